The number of nitrogens with one attached hydrogen (secondary N) is 1. The summed E-state index contributed by atoms with van der Waals surface area (Å²) in [6.45, 7) is -0.395. The number of alkyl halides is 2. The highest BCUT2D eigenvalue weighted by atomic mass is 35.5. The number of hydrogen-bond donors (Lipinski definition) is 1. The quantitative estimate of drug-likeness (QED) is 0.663. The van der Waals surface area contributed by atoms with Crippen LogP contribution in [-0.2, 0) is 33.2 Å². The van der Waals surface area contributed by atoms with Gasteiger partial charge in [0.15, 0.2) is 0 Å². The lowest BCUT2D eigenvalue weighted by molar-refractivity contribution is -0.144. The van der Waals surface area contributed by atoms with Gasteiger partial charge in [-0.25, -0.2) is 0 Å². The molecule has 2 aliphatic heterocycles. The summed E-state index contributed by atoms with van der Waals surface area (Å²) in [6.07, 6.45) is -7.26. The maximum absolute atomic E-state index is 14.7. The molecule has 2 aromatic carbocycles. The lowest BCUT2D eigenvalue weighted by atomic mass is 9.97. The van der Waals surface area contributed by atoms with E-state index in [0.29, 0.717) is 0 Å². The first-order valence-corrected chi connectivity index (χ1v) is 9.85. The number of benzene rings is 2. The van der Waals surface area contributed by atoms with Gasteiger partial charge in [0, 0.05) is 41.0 Å². The van der Waals surface area contributed by atoms with Crippen LogP contribution in [0.1, 0.15) is 53.1 Å². The van der Waals surface area contributed by atoms with E-state index in [1.54, 1.807) is 5.32 Å². The van der Waals surface area contributed by atoms with Crippen molar-refractivity contribution in [3.63, 3.8) is 0 Å². The van der Waals surface area contributed by atoms with E-state index in [4.69, 9.17) is 18.5 Å². The highest BCUT2D eigenvalue weighted by Gasteiger charge is 2.41. The Bertz CT molecular complexity index is 1340. The first-order valence-electron chi connectivity index (χ1n) is 12.0. The van der Waals surface area contributed by atoms with Crippen LogP contribution in [0.25, 0.3) is 0 Å². The Morgan fingerprint density at radius 2 is 1.97 bits per heavy atom. The molecule has 4 rings (SSSR count). The molecule has 1 atom stereocenters. The number of piperidine rings is 1. The molecule has 0 radical (unpaired) electrons. The zero-order chi connectivity index (χ0) is 27.6. The fourth-order valence-corrected chi connectivity index (χ4v) is 3.57. The number of carbonyl (C=O) groups excluding carboxylic acids is 4. The maximum atomic E-state index is 14.7. The van der Waals surface area contributed by atoms with Gasteiger partial charge in [-0.05, 0) is 42.1 Å². The second kappa shape index (κ2) is 8.43. The summed E-state index contributed by atoms with van der Waals surface area (Å²) in [7, 11) is 0. The predicted octanol–water partition coefficient (Wildman–Crippen LogP) is 3.39. The van der Waals surface area contributed by atoms with E-state index in [1.807, 2.05) is 0 Å². The van der Waals surface area contributed by atoms with Crippen molar-refractivity contribution in [3.8, 4) is 0 Å². The second-order valence-corrected chi connectivity index (χ2v) is 7.64. The molecule has 3 amide bonds. The average Bonchev–Trinajstić information content (AvgIpc) is 3.14. The van der Waals surface area contributed by atoms with Crippen LogP contribution in [0.5, 0.6) is 0 Å². The van der Waals surface area contributed by atoms with Gasteiger partial charge in [0.25, 0.3) is 5.91 Å². The molecule has 0 spiro atoms. The van der Waals surface area contributed by atoms with Crippen LogP contribution in [0.2, 0.25) is 5.02 Å². The number of nitrogens with zero attached hydrogens (tertiary/aromatic N) is 1. The predicted molar refractivity (Wildman–Crippen MR) is 111 cm³/mol. The summed E-state index contributed by atoms with van der Waals surface area (Å²) >= 11 is 5.70. The minimum atomic E-state index is -3.98. The van der Waals surface area contributed by atoms with Gasteiger partial charge in [-0.2, -0.15) is 8.78 Å². The Morgan fingerprint density at radius 1 is 1.25 bits per heavy atom. The van der Waals surface area contributed by atoms with Gasteiger partial charge < -0.3 is 4.90 Å². The van der Waals surface area contributed by atoms with Crippen molar-refractivity contribution in [2.45, 2.75) is 44.1 Å². The van der Waals surface area contributed by atoms with Gasteiger partial charge in [-0.15, -0.1) is 0 Å². The molecule has 2 aromatic rings. The number of halogens is 3. The van der Waals surface area contributed by atoms with Crippen molar-refractivity contribution in [1.29, 1.82) is 0 Å². The Kier molecular flexibility index (Phi) is 4.34. The lowest BCUT2D eigenvalue weighted by Crippen LogP contribution is -2.52. The molecule has 2 heterocycles. The topological polar surface area (TPSA) is 83.6 Å². The van der Waals surface area contributed by atoms with Crippen LogP contribution in [0, 0.1) is 0 Å². The molecule has 1 fully saturated rings. The van der Waals surface area contributed by atoms with Crippen molar-refractivity contribution in [1.82, 2.24) is 10.2 Å². The highest BCUT2D eigenvalue weighted by molar-refractivity contribution is 6.30. The monoisotopic (exact) mass is 465 g/mol. The van der Waals surface area contributed by atoms with Crippen molar-refractivity contribution in [2.24, 2.45) is 0 Å². The minimum absolute atomic E-state index is 0.00532. The lowest BCUT2D eigenvalue weighted by Gasteiger charge is -2.29. The fraction of sp³-hybridized carbons (Fsp3) is 0.304. The number of rotatable bonds is 6. The number of carbonyl (C=O) groups is 4. The van der Waals surface area contributed by atoms with Crippen LogP contribution < -0.4 is 5.32 Å². The average molecular weight is 466 g/mol. The molecule has 32 heavy (non-hydrogen) atoms. The van der Waals surface area contributed by atoms with Crippen molar-refractivity contribution in [2.75, 3.05) is 0 Å². The van der Waals surface area contributed by atoms with E-state index < -0.39 is 73.1 Å². The molecular formula is C23H19ClF2N2O4. The van der Waals surface area contributed by atoms with Crippen LogP contribution in [-0.4, -0.2) is 34.4 Å². The van der Waals surface area contributed by atoms with E-state index >= 15 is 0 Å². The molecule has 1 N–H and O–H groups in total. The molecule has 0 saturated carbocycles. The van der Waals surface area contributed by atoms with E-state index in [1.165, 1.54) is 24.3 Å². The number of imide groups is 1. The van der Waals surface area contributed by atoms with E-state index in [-0.39, 0.29) is 21.7 Å². The first kappa shape index (κ1) is 16.5. The third-order valence-corrected chi connectivity index (χ3v) is 5.40. The van der Waals surface area contributed by atoms with Crippen LogP contribution in [0.3, 0.4) is 0 Å². The summed E-state index contributed by atoms with van der Waals surface area (Å²) in [6, 6.07) is 5.38. The van der Waals surface area contributed by atoms with Crippen molar-refractivity contribution < 1.29 is 34.8 Å². The molecule has 0 aliphatic carbocycles. The van der Waals surface area contributed by atoms with Gasteiger partial charge in [0.2, 0.25) is 17.6 Å². The van der Waals surface area contributed by atoms with E-state index in [0.717, 1.165) is 23.1 Å². The number of hydrogen-bond acceptors (Lipinski definition) is 4. The van der Waals surface area contributed by atoms with E-state index in [9.17, 15) is 28.0 Å². The molecule has 1 saturated heterocycles. The smallest absolute Gasteiger partial charge is 0.322 e. The third-order valence-electron chi connectivity index (χ3n) is 5.15. The zero-order valence-corrected chi connectivity index (χ0v) is 17.1. The molecule has 2 aliphatic rings. The first-order chi connectivity index (χ1) is 17.0. The summed E-state index contributed by atoms with van der Waals surface area (Å²) in [4.78, 5) is 50.3. The van der Waals surface area contributed by atoms with Gasteiger partial charge in [0.1, 0.15) is 6.02 Å². The Labute approximate surface area is 194 Å². The summed E-state index contributed by atoms with van der Waals surface area (Å²) in [5, 5.41) is 1.95. The summed E-state index contributed by atoms with van der Waals surface area (Å²) < 4.78 is 70.0. The number of fused-ring (bicyclic) bond motifs is 1. The molecule has 0 unspecified atom stereocenters. The van der Waals surface area contributed by atoms with Crippen LogP contribution >= 0.6 is 11.6 Å². The van der Waals surface area contributed by atoms with Gasteiger partial charge in [-0.1, -0.05) is 35.9 Å². The van der Waals surface area contributed by atoms with Crippen molar-refractivity contribution in [3.05, 3.63) is 69.7 Å². The van der Waals surface area contributed by atoms with Gasteiger partial charge in [-0.3, -0.25) is 24.5 Å². The second-order valence-electron chi connectivity index (χ2n) is 7.20. The highest BCUT2D eigenvalue weighted by Crippen LogP contribution is 2.32. The maximum Gasteiger partial charge on any atom is 0.330 e. The minimum Gasteiger partial charge on any atom is -0.322 e. The Hall–Kier alpha value is -3.13. The number of amides is 3. The standard InChI is InChI=1S/C23H19ClF2N2O4/c24-16-5-3-15(4-6-16)23(25,26)19(29)9-2-13-1-7-17-14(11-13)12-28(22(17)32)18-8-10-20(30)27-21(18)31/h1,3-7,11,18H,2,8-10,12H2,(H,27,30,31)/t18-/m0/s1/i2D2,10D2,18D. The molecule has 6 nitrogen and oxygen atoms in total. The molecular weight excluding hydrogens is 442 g/mol. The van der Waals surface area contributed by atoms with Crippen LogP contribution in [0.4, 0.5) is 8.78 Å². The van der Waals surface area contributed by atoms with Crippen LogP contribution in [0.15, 0.2) is 42.5 Å². The molecule has 0 bridgehead atoms. The zero-order valence-electron chi connectivity index (χ0n) is 21.4. The fourth-order valence-electron chi connectivity index (χ4n) is 3.44. The van der Waals surface area contributed by atoms with Gasteiger partial charge in [0.05, 0.1) is 1.37 Å². The largest absolute Gasteiger partial charge is 0.330 e. The number of aryl methyl sites for hydroxylation is 1. The summed E-state index contributed by atoms with van der Waals surface area (Å²) in [5.74, 6) is -8.87. The van der Waals surface area contributed by atoms with Gasteiger partial charge >= 0.3 is 5.92 Å². The van der Waals surface area contributed by atoms with Crippen molar-refractivity contribution >= 4 is 35.1 Å². The molecule has 9 heteroatoms. The normalized spacial score (nSPS) is 25.2. The number of ketones is 1. The summed E-state index contributed by atoms with van der Waals surface area (Å²) in [5.41, 5.74) is -0.675. The van der Waals surface area contributed by atoms with E-state index in [2.05, 4.69) is 0 Å². The Morgan fingerprint density at radius 3 is 2.69 bits per heavy atom. The SMILES string of the molecule is [2H]C1([2H])C[C@]([2H])(N2Cc3cc(C([2H])([2H])CC(=O)C(F)(F)c4ccc(Cl)cc4)ccc3C2=O)C(=O)NC1=O. The molecule has 166 valence electrons. The molecule has 0 aromatic heterocycles. The number of Topliss-reactive ketones (excluding diaryl/α,β-unsaturated/α-hetero) is 1. The third kappa shape index (κ3) is 4.14. The Balaban J connectivity index is 1.58.